The topological polar surface area (TPSA) is 80.3 Å². The fourth-order valence-corrected chi connectivity index (χ4v) is 4.52. The smallest absolute Gasteiger partial charge is 0.255 e. The number of pyridine rings is 1. The second kappa shape index (κ2) is 8.99. The zero-order chi connectivity index (χ0) is 22.8. The van der Waals surface area contributed by atoms with Crippen LogP contribution in [0.2, 0.25) is 0 Å². The number of carbonyl (C=O) groups is 2. The van der Waals surface area contributed by atoms with E-state index in [0.717, 1.165) is 34.7 Å². The summed E-state index contributed by atoms with van der Waals surface area (Å²) in [4.78, 5) is 30.9. The van der Waals surface area contributed by atoms with Gasteiger partial charge in [0.2, 0.25) is 0 Å². The highest BCUT2D eigenvalue weighted by atomic mass is 16.5. The predicted octanol–water partition coefficient (Wildman–Crippen LogP) is 4.64. The highest BCUT2D eigenvalue weighted by molar-refractivity contribution is 6.09. The van der Waals surface area contributed by atoms with Crippen LogP contribution in [-0.2, 0) is 9.59 Å². The normalized spacial score (nSPS) is 20.6. The number of rotatable bonds is 5. The molecule has 2 N–H and O–H groups in total. The molecule has 2 aromatic rings. The van der Waals surface area contributed by atoms with E-state index >= 15 is 0 Å². The minimum atomic E-state index is -0.438. The minimum Gasteiger partial charge on any atom is -0.494 e. The number of amides is 1. The maximum absolute atomic E-state index is 13.5. The molecule has 166 valence electrons. The van der Waals surface area contributed by atoms with E-state index < -0.39 is 5.92 Å². The first-order valence-electron chi connectivity index (χ1n) is 11.1. The van der Waals surface area contributed by atoms with Crippen LogP contribution in [0.25, 0.3) is 0 Å². The van der Waals surface area contributed by atoms with E-state index in [1.165, 1.54) is 0 Å². The molecule has 2 aliphatic rings. The van der Waals surface area contributed by atoms with Crippen molar-refractivity contribution in [2.45, 2.75) is 46.5 Å². The summed E-state index contributed by atoms with van der Waals surface area (Å²) in [5.41, 5.74) is 4.83. The number of allylic oxidation sites excluding steroid dienone is 3. The lowest BCUT2D eigenvalue weighted by Gasteiger charge is -2.36. The van der Waals surface area contributed by atoms with Gasteiger partial charge in [-0.05, 0) is 62.4 Å². The molecule has 0 saturated heterocycles. The number of aromatic nitrogens is 1. The molecule has 6 heteroatoms. The number of nitrogens with one attached hydrogen (secondary N) is 2. The Morgan fingerprint density at radius 2 is 1.91 bits per heavy atom. The van der Waals surface area contributed by atoms with Crippen molar-refractivity contribution in [2.75, 3.05) is 11.9 Å². The summed E-state index contributed by atoms with van der Waals surface area (Å²) in [6, 6.07) is 11.4. The SMILES string of the molecule is CCOc1ccc(C2C(C(=O)Nc3ccc(C)cn3)=C(C)NC3=C2C(=O)CC(C)C3)cc1. The van der Waals surface area contributed by atoms with E-state index in [-0.39, 0.29) is 17.6 Å². The Hall–Kier alpha value is -3.41. The maximum Gasteiger partial charge on any atom is 0.255 e. The lowest BCUT2D eigenvalue weighted by molar-refractivity contribution is -0.117. The lowest BCUT2D eigenvalue weighted by Crippen LogP contribution is -2.37. The van der Waals surface area contributed by atoms with E-state index in [4.69, 9.17) is 4.74 Å². The lowest BCUT2D eigenvalue weighted by atomic mass is 9.73. The molecule has 0 bridgehead atoms. The molecular formula is C26H29N3O3. The minimum absolute atomic E-state index is 0.0939. The van der Waals surface area contributed by atoms with E-state index in [9.17, 15) is 9.59 Å². The van der Waals surface area contributed by atoms with Gasteiger partial charge < -0.3 is 15.4 Å². The number of nitrogens with zero attached hydrogens (tertiary/aromatic N) is 1. The number of aryl methyl sites for hydroxylation is 1. The Bertz CT molecular complexity index is 1100. The molecular weight excluding hydrogens is 402 g/mol. The summed E-state index contributed by atoms with van der Waals surface area (Å²) in [7, 11) is 0. The summed E-state index contributed by atoms with van der Waals surface area (Å²) in [5.74, 6) is 0.912. The zero-order valence-electron chi connectivity index (χ0n) is 19.0. The number of ether oxygens (including phenoxy) is 1. The first-order valence-corrected chi connectivity index (χ1v) is 11.1. The van der Waals surface area contributed by atoms with Gasteiger partial charge in [0.1, 0.15) is 11.6 Å². The Labute approximate surface area is 188 Å². The Morgan fingerprint density at radius 1 is 1.16 bits per heavy atom. The molecule has 1 aromatic heterocycles. The van der Waals surface area contributed by atoms with Gasteiger partial charge in [-0.3, -0.25) is 9.59 Å². The summed E-state index contributed by atoms with van der Waals surface area (Å²) in [5, 5.41) is 6.28. The summed E-state index contributed by atoms with van der Waals surface area (Å²) < 4.78 is 5.58. The van der Waals surface area contributed by atoms with Crippen molar-refractivity contribution in [3.8, 4) is 5.75 Å². The summed E-state index contributed by atoms with van der Waals surface area (Å²) in [6.45, 7) is 8.44. The Morgan fingerprint density at radius 3 is 2.56 bits per heavy atom. The van der Waals surface area contributed by atoms with Crippen molar-refractivity contribution in [1.29, 1.82) is 0 Å². The maximum atomic E-state index is 13.5. The molecule has 1 aliphatic heterocycles. The van der Waals surface area contributed by atoms with Crippen LogP contribution in [0.3, 0.4) is 0 Å². The van der Waals surface area contributed by atoms with Crippen LogP contribution in [0.4, 0.5) is 5.82 Å². The molecule has 0 radical (unpaired) electrons. The van der Waals surface area contributed by atoms with Gasteiger partial charge in [0, 0.05) is 41.1 Å². The predicted molar refractivity (Wildman–Crippen MR) is 124 cm³/mol. The second-order valence-electron chi connectivity index (χ2n) is 8.60. The number of hydrogen-bond donors (Lipinski definition) is 2. The average molecular weight is 432 g/mol. The van der Waals surface area contributed by atoms with Crippen molar-refractivity contribution in [2.24, 2.45) is 5.92 Å². The first-order chi connectivity index (χ1) is 15.4. The molecule has 0 fully saturated rings. The summed E-state index contributed by atoms with van der Waals surface area (Å²) >= 11 is 0. The number of ketones is 1. The van der Waals surface area contributed by atoms with Gasteiger partial charge in [-0.15, -0.1) is 0 Å². The third-order valence-electron chi connectivity index (χ3n) is 5.95. The number of Topliss-reactive ketones (excluding diaryl/α,β-unsaturated/α-hetero) is 1. The van der Waals surface area contributed by atoms with Crippen molar-refractivity contribution in [3.63, 3.8) is 0 Å². The van der Waals surface area contributed by atoms with Crippen LogP contribution in [-0.4, -0.2) is 23.3 Å². The quantitative estimate of drug-likeness (QED) is 0.721. The van der Waals surface area contributed by atoms with Gasteiger partial charge in [-0.2, -0.15) is 0 Å². The Balaban J connectivity index is 1.76. The molecule has 1 aliphatic carbocycles. The van der Waals surface area contributed by atoms with Gasteiger partial charge in [-0.25, -0.2) is 4.98 Å². The average Bonchev–Trinajstić information content (AvgIpc) is 2.75. The van der Waals surface area contributed by atoms with Gasteiger partial charge in [0.05, 0.1) is 6.61 Å². The van der Waals surface area contributed by atoms with E-state index in [1.807, 2.05) is 51.1 Å². The monoisotopic (exact) mass is 431 g/mol. The van der Waals surface area contributed by atoms with Crippen molar-refractivity contribution in [3.05, 3.63) is 76.3 Å². The zero-order valence-corrected chi connectivity index (χ0v) is 19.0. The molecule has 32 heavy (non-hydrogen) atoms. The number of anilines is 1. The number of benzene rings is 1. The fourth-order valence-electron chi connectivity index (χ4n) is 4.52. The highest BCUT2D eigenvalue weighted by Crippen LogP contribution is 2.43. The van der Waals surface area contributed by atoms with Crippen molar-refractivity contribution in [1.82, 2.24) is 10.3 Å². The molecule has 1 aromatic carbocycles. The molecule has 2 atom stereocenters. The van der Waals surface area contributed by atoms with Gasteiger partial charge in [0.15, 0.2) is 5.78 Å². The summed E-state index contributed by atoms with van der Waals surface area (Å²) in [6.07, 6.45) is 2.99. The molecule has 2 unspecified atom stereocenters. The van der Waals surface area contributed by atoms with E-state index in [1.54, 1.807) is 12.3 Å². The van der Waals surface area contributed by atoms with Crippen LogP contribution in [0.1, 0.15) is 50.7 Å². The van der Waals surface area contributed by atoms with Gasteiger partial charge in [-0.1, -0.05) is 25.1 Å². The van der Waals surface area contributed by atoms with Crippen LogP contribution in [0, 0.1) is 12.8 Å². The third kappa shape index (κ3) is 4.31. The van der Waals surface area contributed by atoms with Gasteiger partial charge >= 0.3 is 0 Å². The number of hydrogen-bond acceptors (Lipinski definition) is 5. The molecule has 1 amide bonds. The standard InChI is InChI=1S/C26H29N3O3/c1-5-32-19-9-7-18(8-10-19)24-23(26(31)29-22-11-6-15(2)14-27-22)17(4)28-20-12-16(3)13-21(30)25(20)24/h6-11,14,16,24,28H,5,12-13H2,1-4H3,(H,27,29,31). The van der Waals surface area contributed by atoms with E-state index in [0.29, 0.717) is 30.0 Å². The number of carbonyl (C=O) groups excluding carboxylic acids is 2. The second-order valence-corrected chi connectivity index (χ2v) is 8.60. The van der Waals surface area contributed by atoms with Crippen LogP contribution >= 0.6 is 0 Å². The van der Waals surface area contributed by atoms with Gasteiger partial charge in [0.25, 0.3) is 5.91 Å². The molecule has 2 heterocycles. The molecule has 6 nitrogen and oxygen atoms in total. The first kappa shape index (κ1) is 21.8. The molecule has 4 rings (SSSR count). The van der Waals surface area contributed by atoms with Crippen LogP contribution in [0.15, 0.2) is 65.1 Å². The largest absolute Gasteiger partial charge is 0.494 e. The third-order valence-corrected chi connectivity index (χ3v) is 5.95. The Kier molecular flexibility index (Phi) is 6.12. The highest BCUT2D eigenvalue weighted by Gasteiger charge is 2.39. The van der Waals surface area contributed by atoms with Crippen molar-refractivity contribution >= 4 is 17.5 Å². The van der Waals surface area contributed by atoms with Crippen LogP contribution in [0.5, 0.6) is 5.75 Å². The van der Waals surface area contributed by atoms with E-state index in [2.05, 4.69) is 22.5 Å². The molecule has 0 spiro atoms. The van der Waals surface area contributed by atoms with Crippen LogP contribution < -0.4 is 15.4 Å². The molecule has 0 saturated carbocycles. The number of dihydropyridines is 1. The fraction of sp³-hybridized carbons (Fsp3) is 0.346. The van der Waals surface area contributed by atoms with Crippen molar-refractivity contribution < 1.29 is 14.3 Å².